The summed E-state index contributed by atoms with van der Waals surface area (Å²) < 4.78 is 5.63. The van der Waals surface area contributed by atoms with E-state index in [1.54, 1.807) is 0 Å². The van der Waals surface area contributed by atoms with Crippen LogP contribution in [0.3, 0.4) is 0 Å². The van der Waals surface area contributed by atoms with Gasteiger partial charge in [0.1, 0.15) is 0 Å². The molecule has 0 saturated heterocycles. The van der Waals surface area contributed by atoms with E-state index < -0.39 is 0 Å². The predicted octanol–water partition coefficient (Wildman–Crippen LogP) is 1.43. The molecule has 3 N–H and O–H groups in total. The molecule has 2 unspecified atom stereocenters. The first kappa shape index (κ1) is 14.5. The number of hydrogen-bond acceptors (Lipinski definition) is 3. The molecule has 3 atom stereocenters. The van der Waals surface area contributed by atoms with Gasteiger partial charge < -0.3 is 15.8 Å². The van der Waals surface area contributed by atoms with Crippen LogP contribution in [-0.4, -0.2) is 30.7 Å². The number of hydrogen-bond donors (Lipinski definition) is 2. The molecule has 1 saturated carbocycles. The minimum atomic E-state index is -0.373. The molecule has 0 aromatic heterocycles. The van der Waals surface area contributed by atoms with Crippen LogP contribution in [0.4, 0.5) is 0 Å². The highest BCUT2D eigenvalue weighted by molar-refractivity contribution is 5.81. The smallest absolute Gasteiger partial charge is 0.237 e. The van der Waals surface area contributed by atoms with E-state index in [0.29, 0.717) is 0 Å². The van der Waals surface area contributed by atoms with Crippen molar-refractivity contribution in [1.82, 2.24) is 5.32 Å². The zero-order valence-electron chi connectivity index (χ0n) is 11.5. The number of ether oxygens (including phenoxy) is 1. The molecule has 0 spiro atoms. The van der Waals surface area contributed by atoms with Crippen LogP contribution in [0.5, 0.6) is 0 Å². The van der Waals surface area contributed by atoms with Crippen LogP contribution >= 0.6 is 0 Å². The summed E-state index contributed by atoms with van der Waals surface area (Å²) in [7, 11) is 0. The maximum atomic E-state index is 11.8. The van der Waals surface area contributed by atoms with Crippen molar-refractivity contribution in [3.05, 3.63) is 0 Å². The summed E-state index contributed by atoms with van der Waals surface area (Å²) in [5, 5.41) is 3.04. The summed E-state index contributed by atoms with van der Waals surface area (Å²) in [4.78, 5) is 11.8. The van der Waals surface area contributed by atoms with Gasteiger partial charge in [0.15, 0.2) is 0 Å². The lowest BCUT2D eigenvalue weighted by Crippen LogP contribution is -2.63. The molecule has 0 aliphatic heterocycles. The molecule has 4 nitrogen and oxygen atoms in total. The molecule has 1 amide bonds. The summed E-state index contributed by atoms with van der Waals surface area (Å²) in [6, 6.07) is -0.184. The van der Waals surface area contributed by atoms with Crippen molar-refractivity contribution < 1.29 is 9.53 Å². The van der Waals surface area contributed by atoms with Gasteiger partial charge in [-0.3, -0.25) is 4.79 Å². The molecule has 0 aromatic rings. The van der Waals surface area contributed by atoms with Crippen LogP contribution in [0, 0.1) is 5.41 Å². The fourth-order valence-electron chi connectivity index (χ4n) is 2.34. The first-order chi connectivity index (χ1) is 7.93. The van der Waals surface area contributed by atoms with E-state index in [9.17, 15) is 4.79 Å². The van der Waals surface area contributed by atoms with Crippen molar-refractivity contribution in [1.29, 1.82) is 0 Å². The van der Waals surface area contributed by atoms with E-state index in [1.807, 2.05) is 13.8 Å². The molecule has 1 aliphatic rings. The Morgan fingerprint density at radius 1 is 1.53 bits per heavy atom. The molecular weight excluding hydrogens is 216 g/mol. The molecule has 4 heteroatoms. The second-order valence-corrected chi connectivity index (χ2v) is 5.46. The highest BCUT2D eigenvalue weighted by Gasteiger charge is 2.49. The van der Waals surface area contributed by atoms with Crippen molar-refractivity contribution in [2.45, 2.75) is 65.1 Å². The lowest BCUT2D eigenvalue weighted by atomic mass is 9.64. The average molecular weight is 242 g/mol. The normalized spacial score (nSPS) is 28.3. The summed E-state index contributed by atoms with van der Waals surface area (Å²) in [6.07, 6.45) is 2.82. The Morgan fingerprint density at radius 3 is 2.65 bits per heavy atom. The average Bonchev–Trinajstić information content (AvgIpc) is 2.27. The van der Waals surface area contributed by atoms with Crippen molar-refractivity contribution in [2.75, 3.05) is 6.61 Å². The minimum absolute atomic E-state index is 0.0115. The van der Waals surface area contributed by atoms with E-state index in [-0.39, 0.29) is 29.5 Å². The Kier molecular flexibility index (Phi) is 4.95. The molecule has 17 heavy (non-hydrogen) atoms. The maximum absolute atomic E-state index is 11.8. The molecule has 0 bridgehead atoms. The summed E-state index contributed by atoms with van der Waals surface area (Å²) in [5.74, 6) is -0.0279. The number of carbonyl (C=O) groups is 1. The standard InChI is InChI=1S/C13H26N2O2/c1-5-7-9(14)12(16)15-10-8-11(17-6-2)13(10,3)4/h9-11H,5-8,14H2,1-4H3,(H,15,16)/t9-,10?,11?/m1/s1. The first-order valence-electron chi connectivity index (χ1n) is 6.61. The summed E-state index contributed by atoms with van der Waals surface area (Å²) in [6.45, 7) is 9.02. The van der Waals surface area contributed by atoms with Gasteiger partial charge in [0.2, 0.25) is 5.91 Å². The van der Waals surface area contributed by atoms with Crippen LogP contribution in [0.15, 0.2) is 0 Å². The van der Waals surface area contributed by atoms with Crippen molar-refractivity contribution in [3.8, 4) is 0 Å². The van der Waals surface area contributed by atoms with Gasteiger partial charge in [-0.25, -0.2) is 0 Å². The third kappa shape index (κ3) is 3.19. The van der Waals surface area contributed by atoms with E-state index >= 15 is 0 Å². The second kappa shape index (κ2) is 5.83. The Bertz CT molecular complexity index is 266. The van der Waals surface area contributed by atoms with Gasteiger partial charge in [-0.15, -0.1) is 0 Å². The Balaban J connectivity index is 2.42. The molecule has 0 heterocycles. The predicted molar refractivity (Wildman–Crippen MR) is 68.6 cm³/mol. The number of nitrogens with two attached hydrogens (primary N) is 1. The largest absolute Gasteiger partial charge is 0.378 e. The number of amides is 1. The highest BCUT2D eigenvalue weighted by atomic mass is 16.5. The second-order valence-electron chi connectivity index (χ2n) is 5.46. The van der Waals surface area contributed by atoms with Gasteiger partial charge in [0.25, 0.3) is 0 Å². The van der Waals surface area contributed by atoms with Gasteiger partial charge in [0.05, 0.1) is 12.1 Å². The van der Waals surface area contributed by atoms with Crippen molar-refractivity contribution >= 4 is 5.91 Å². The van der Waals surface area contributed by atoms with Gasteiger partial charge >= 0.3 is 0 Å². The SMILES string of the molecule is CCC[C@@H](N)C(=O)NC1CC(OCC)C1(C)C. The van der Waals surface area contributed by atoms with Gasteiger partial charge in [-0.05, 0) is 19.8 Å². The molecule has 1 fully saturated rings. The van der Waals surface area contributed by atoms with E-state index in [1.165, 1.54) is 0 Å². The molecule has 1 rings (SSSR count). The zero-order valence-corrected chi connectivity index (χ0v) is 11.5. The Labute approximate surface area is 104 Å². The Hall–Kier alpha value is -0.610. The summed E-state index contributed by atoms with van der Waals surface area (Å²) >= 11 is 0. The highest BCUT2D eigenvalue weighted by Crippen LogP contribution is 2.42. The lowest BCUT2D eigenvalue weighted by molar-refractivity contribution is -0.137. The van der Waals surface area contributed by atoms with Crippen LogP contribution in [0.1, 0.15) is 47.0 Å². The first-order valence-corrected chi connectivity index (χ1v) is 6.61. The van der Waals surface area contributed by atoms with Gasteiger partial charge in [-0.2, -0.15) is 0 Å². The maximum Gasteiger partial charge on any atom is 0.237 e. The van der Waals surface area contributed by atoms with E-state index in [0.717, 1.165) is 25.9 Å². The molecule has 100 valence electrons. The van der Waals surface area contributed by atoms with Gasteiger partial charge in [0, 0.05) is 18.1 Å². The third-order valence-corrected chi connectivity index (χ3v) is 3.80. The monoisotopic (exact) mass is 242 g/mol. The topological polar surface area (TPSA) is 64.4 Å². The summed E-state index contributed by atoms with van der Waals surface area (Å²) in [5.41, 5.74) is 5.80. The molecule has 1 aliphatic carbocycles. The van der Waals surface area contributed by atoms with Crippen LogP contribution in [-0.2, 0) is 9.53 Å². The lowest BCUT2D eigenvalue weighted by Gasteiger charge is -2.51. The van der Waals surface area contributed by atoms with Crippen molar-refractivity contribution in [3.63, 3.8) is 0 Å². The zero-order chi connectivity index (χ0) is 13.1. The number of rotatable bonds is 6. The quantitative estimate of drug-likeness (QED) is 0.740. The molecular formula is C13H26N2O2. The number of nitrogens with one attached hydrogen (secondary N) is 1. The van der Waals surface area contributed by atoms with Crippen LogP contribution < -0.4 is 11.1 Å². The van der Waals surface area contributed by atoms with Crippen LogP contribution in [0.2, 0.25) is 0 Å². The Morgan fingerprint density at radius 2 is 2.18 bits per heavy atom. The fraction of sp³-hybridized carbons (Fsp3) is 0.923. The molecule has 0 radical (unpaired) electrons. The van der Waals surface area contributed by atoms with Crippen LogP contribution in [0.25, 0.3) is 0 Å². The van der Waals surface area contributed by atoms with Gasteiger partial charge in [-0.1, -0.05) is 27.2 Å². The number of carbonyl (C=O) groups excluding carboxylic acids is 1. The van der Waals surface area contributed by atoms with Crippen molar-refractivity contribution in [2.24, 2.45) is 11.1 Å². The fourth-order valence-corrected chi connectivity index (χ4v) is 2.34. The minimum Gasteiger partial charge on any atom is -0.378 e. The van der Waals surface area contributed by atoms with E-state index in [2.05, 4.69) is 19.2 Å². The van der Waals surface area contributed by atoms with E-state index in [4.69, 9.17) is 10.5 Å². The third-order valence-electron chi connectivity index (χ3n) is 3.80. The molecule has 0 aromatic carbocycles.